The maximum atomic E-state index is 13.4. The van der Waals surface area contributed by atoms with E-state index in [9.17, 15) is 19.8 Å². The van der Waals surface area contributed by atoms with E-state index in [1.54, 1.807) is 48.5 Å². The molecule has 0 spiro atoms. The number of hydrogen-bond donors (Lipinski definition) is 2. The molecule has 0 bridgehead atoms. The van der Waals surface area contributed by atoms with Gasteiger partial charge in [0.05, 0.1) is 21.8 Å². The molecule has 36 heavy (non-hydrogen) atoms. The number of aliphatic hydroxyl groups excluding tert-OH is 1. The summed E-state index contributed by atoms with van der Waals surface area (Å²) in [5, 5.41) is 22.0. The van der Waals surface area contributed by atoms with Crippen LogP contribution in [0.15, 0.2) is 66.2 Å². The first-order valence-electron chi connectivity index (χ1n) is 11.0. The minimum absolute atomic E-state index is 0.0252. The highest BCUT2D eigenvalue weighted by Gasteiger charge is 2.48. The Hall–Kier alpha value is -4.08. The van der Waals surface area contributed by atoms with Crippen LogP contribution < -0.4 is 14.4 Å². The summed E-state index contributed by atoms with van der Waals surface area (Å²) in [6.07, 6.45) is 0. The highest BCUT2D eigenvalue weighted by atomic mass is 35.5. The molecule has 0 radical (unpaired) electrons. The van der Waals surface area contributed by atoms with Gasteiger partial charge in [0.15, 0.2) is 16.6 Å². The molecule has 1 saturated heterocycles. The number of benzene rings is 3. The average molecular weight is 521 g/mol. The van der Waals surface area contributed by atoms with Gasteiger partial charge in [0.25, 0.3) is 5.78 Å². The number of thiazole rings is 1. The second-order valence-corrected chi connectivity index (χ2v) is 9.67. The quantitative estimate of drug-likeness (QED) is 0.221. The molecule has 4 aromatic rings. The third-order valence-corrected chi connectivity index (χ3v) is 7.27. The predicted molar refractivity (Wildman–Crippen MR) is 135 cm³/mol. The number of carbonyl (C=O) groups is 2. The maximum Gasteiger partial charge on any atom is 0.301 e. The molecule has 3 aromatic carbocycles. The van der Waals surface area contributed by atoms with Crippen molar-refractivity contribution in [3.05, 3.63) is 82.4 Å². The fourth-order valence-electron chi connectivity index (χ4n) is 4.34. The van der Waals surface area contributed by atoms with Crippen molar-refractivity contribution in [3.63, 3.8) is 0 Å². The number of aromatic hydroxyl groups is 1. The minimum atomic E-state index is -0.977. The van der Waals surface area contributed by atoms with Crippen LogP contribution >= 0.6 is 22.9 Å². The molecule has 2 aliphatic rings. The van der Waals surface area contributed by atoms with E-state index in [1.807, 2.05) is 0 Å². The Morgan fingerprint density at radius 3 is 2.53 bits per heavy atom. The number of nitrogens with zero attached hydrogens (tertiary/aromatic N) is 2. The number of hydrogen-bond acceptors (Lipinski definition) is 8. The van der Waals surface area contributed by atoms with E-state index in [2.05, 4.69) is 4.98 Å². The molecule has 180 valence electrons. The number of anilines is 1. The molecular formula is C26H17ClN2O6S. The lowest BCUT2D eigenvalue weighted by Crippen LogP contribution is -2.29. The standard InChI is InChI=1S/C26H17ClN2O6S/c27-15-4-7-17-20(12-15)36-26(28-17)29-22(13-1-5-16(30)6-2-13)21(24(32)25(29)33)23(31)14-3-8-18-19(11-14)35-10-9-34-18/h1-8,11-12,22,30-31H,9-10H2/b23-21+. The fourth-order valence-corrected chi connectivity index (χ4v) is 5.61. The molecule has 1 unspecified atom stereocenters. The first-order valence-corrected chi connectivity index (χ1v) is 12.2. The Balaban J connectivity index is 1.54. The SMILES string of the molecule is O=C1C(=O)N(c2nc3ccc(Cl)cc3s2)C(c2ccc(O)cc2)/C1=C(\O)c1ccc2c(c1)OCCO2. The number of rotatable bonds is 3. The van der Waals surface area contributed by atoms with Gasteiger partial charge in [0, 0.05) is 10.6 Å². The van der Waals surface area contributed by atoms with Crippen molar-refractivity contribution in [2.24, 2.45) is 0 Å². The molecule has 1 aromatic heterocycles. The monoisotopic (exact) mass is 520 g/mol. The molecule has 1 amide bonds. The molecule has 0 saturated carbocycles. The van der Waals surface area contributed by atoms with Crippen LogP contribution in [0.2, 0.25) is 5.02 Å². The van der Waals surface area contributed by atoms with E-state index in [-0.39, 0.29) is 22.2 Å². The van der Waals surface area contributed by atoms with Crippen LogP contribution in [-0.4, -0.2) is 40.1 Å². The van der Waals surface area contributed by atoms with Crippen LogP contribution in [0.4, 0.5) is 5.13 Å². The molecule has 10 heteroatoms. The minimum Gasteiger partial charge on any atom is -0.508 e. The molecule has 8 nitrogen and oxygen atoms in total. The van der Waals surface area contributed by atoms with Gasteiger partial charge in [-0.1, -0.05) is 35.1 Å². The summed E-state index contributed by atoms with van der Waals surface area (Å²) in [7, 11) is 0. The van der Waals surface area contributed by atoms with Gasteiger partial charge < -0.3 is 19.7 Å². The van der Waals surface area contributed by atoms with Gasteiger partial charge in [-0.3, -0.25) is 14.5 Å². The molecule has 0 aliphatic carbocycles. The lowest BCUT2D eigenvalue weighted by molar-refractivity contribution is -0.132. The highest BCUT2D eigenvalue weighted by molar-refractivity contribution is 7.22. The van der Waals surface area contributed by atoms with Gasteiger partial charge >= 0.3 is 5.91 Å². The summed E-state index contributed by atoms with van der Waals surface area (Å²) in [4.78, 5) is 32.5. The first-order chi connectivity index (χ1) is 17.4. The number of fused-ring (bicyclic) bond motifs is 2. The molecule has 1 fully saturated rings. The van der Waals surface area contributed by atoms with Crippen molar-refractivity contribution in [3.8, 4) is 17.2 Å². The average Bonchev–Trinajstić information content (AvgIpc) is 3.41. The van der Waals surface area contributed by atoms with Crippen molar-refractivity contribution in [2.45, 2.75) is 6.04 Å². The topological polar surface area (TPSA) is 109 Å². The summed E-state index contributed by atoms with van der Waals surface area (Å²) >= 11 is 7.33. The normalized spacial score (nSPS) is 18.7. The number of phenols is 1. The van der Waals surface area contributed by atoms with Gasteiger partial charge in [-0.2, -0.15) is 0 Å². The van der Waals surface area contributed by atoms with Crippen LogP contribution in [0.1, 0.15) is 17.2 Å². The van der Waals surface area contributed by atoms with Gasteiger partial charge in [0.1, 0.15) is 24.7 Å². The van der Waals surface area contributed by atoms with E-state index in [1.165, 1.54) is 28.4 Å². The second-order valence-electron chi connectivity index (χ2n) is 8.23. The lowest BCUT2D eigenvalue weighted by atomic mass is 9.95. The number of aromatic nitrogens is 1. The summed E-state index contributed by atoms with van der Waals surface area (Å²) in [6.45, 7) is 0.772. The van der Waals surface area contributed by atoms with Crippen molar-refractivity contribution in [1.29, 1.82) is 0 Å². The maximum absolute atomic E-state index is 13.4. The van der Waals surface area contributed by atoms with E-state index in [0.717, 1.165) is 4.70 Å². The van der Waals surface area contributed by atoms with Crippen LogP contribution in [-0.2, 0) is 9.59 Å². The van der Waals surface area contributed by atoms with Gasteiger partial charge in [0.2, 0.25) is 0 Å². The van der Waals surface area contributed by atoms with Crippen LogP contribution in [0.5, 0.6) is 17.2 Å². The van der Waals surface area contributed by atoms with E-state index in [4.69, 9.17) is 21.1 Å². The molecular weight excluding hydrogens is 504 g/mol. The number of Topliss-reactive ketones (excluding diaryl/α,β-unsaturated/α-hetero) is 1. The molecule has 3 heterocycles. The van der Waals surface area contributed by atoms with E-state index in [0.29, 0.717) is 46.4 Å². The highest BCUT2D eigenvalue weighted by Crippen LogP contribution is 2.45. The summed E-state index contributed by atoms with van der Waals surface area (Å²) in [6, 6.07) is 15.1. The second kappa shape index (κ2) is 8.54. The van der Waals surface area contributed by atoms with Gasteiger partial charge in [-0.15, -0.1) is 0 Å². The summed E-state index contributed by atoms with van der Waals surface area (Å²) in [5.41, 5.74) is 1.35. The number of carbonyl (C=O) groups excluding carboxylic acids is 2. The predicted octanol–water partition coefficient (Wildman–Crippen LogP) is 5.05. The van der Waals surface area contributed by atoms with Gasteiger partial charge in [-0.05, 0) is 54.1 Å². The van der Waals surface area contributed by atoms with Crippen LogP contribution in [0.3, 0.4) is 0 Å². The first kappa shape index (κ1) is 22.4. The zero-order chi connectivity index (χ0) is 25.0. The van der Waals surface area contributed by atoms with Crippen molar-refractivity contribution in [2.75, 3.05) is 18.1 Å². The summed E-state index contributed by atoms with van der Waals surface area (Å²) in [5.74, 6) is -1.03. The fraction of sp³-hybridized carbons (Fsp3) is 0.115. The van der Waals surface area contributed by atoms with Crippen molar-refractivity contribution >= 4 is 55.7 Å². The number of ketones is 1. The van der Waals surface area contributed by atoms with Crippen molar-refractivity contribution in [1.82, 2.24) is 4.98 Å². The molecule has 1 atom stereocenters. The largest absolute Gasteiger partial charge is 0.508 e. The Bertz CT molecular complexity index is 1580. The summed E-state index contributed by atoms with van der Waals surface area (Å²) < 4.78 is 11.9. The van der Waals surface area contributed by atoms with Crippen molar-refractivity contribution < 1.29 is 29.3 Å². The van der Waals surface area contributed by atoms with Crippen LogP contribution in [0, 0.1) is 0 Å². The number of halogens is 1. The third-order valence-electron chi connectivity index (χ3n) is 6.01. The smallest absolute Gasteiger partial charge is 0.301 e. The number of amides is 1. The van der Waals surface area contributed by atoms with E-state index >= 15 is 0 Å². The Labute approximate surface area is 213 Å². The molecule has 6 rings (SSSR count). The number of phenolic OH excluding ortho intramolecular Hbond substituents is 1. The van der Waals surface area contributed by atoms with Crippen LogP contribution in [0.25, 0.3) is 16.0 Å². The van der Waals surface area contributed by atoms with Gasteiger partial charge in [-0.25, -0.2) is 4.98 Å². The molecule has 2 aliphatic heterocycles. The van der Waals surface area contributed by atoms with E-state index < -0.39 is 17.7 Å². The zero-order valence-corrected chi connectivity index (χ0v) is 20.0. The zero-order valence-electron chi connectivity index (χ0n) is 18.5. The number of ether oxygens (including phenoxy) is 2. The Morgan fingerprint density at radius 2 is 1.75 bits per heavy atom. The Morgan fingerprint density at radius 1 is 1.00 bits per heavy atom. The third kappa shape index (κ3) is 3.64. The number of aliphatic hydroxyl groups is 1. The molecule has 2 N–H and O–H groups in total. The Kier molecular flexibility index (Phi) is 5.31. The lowest BCUT2D eigenvalue weighted by Gasteiger charge is -2.23.